The molecule has 0 bridgehead atoms. The van der Waals surface area contributed by atoms with E-state index in [4.69, 9.17) is 40.2 Å². The van der Waals surface area contributed by atoms with Gasteiger partial charge in [-0.15, -0.1) is 0 Å². The normalized spacial score (nSPS) is 12.1. The Kier molecular flexibility index (Phi) is 6.22. The lowest BCUT2D eigenvalue weighted by atomic mass is 10.1. The third kappa shape index (κ3) is 4.71. The van der Waals surface area contributed by atoms with Gasteiger partial charge in [0, 0.05) is 30.8 Å². The van der Waals surface area contributed by atoms with Crippen molar-refractivity contribution in [3.05, 3.63) is 39.5 Å². The molecule has 0 fully saturated rings. The molecule has 1 rings (SSSR count). The maximum absolute atomic E-state index is 11.8. The van der Waals surface area contributed by atoms with Gasteiger partial charge in [0.15, 0.2) is 9.84 Å². The number of carbonyl (C=O) groups excluding carboxylic acids is 1. The molecule has 0 aliphatic carbocycles. The van der Waals surface area contributed by atoms with E-state index in [2.05, 4.69) is 5.32 Å². The quantitative estimate of drug-likeness (QED) is 0.596. The average Bonchev–Trinajstić information content (AvgIpc) is 2.38. The van der Waals surface area contributed by atoms with Crippen LogP contribution in [0.15, 0.2) is 28.3 Å². The lowest BCUT2D eigenvalue weighted by Gasteiger charge is -2.12. The maximum Gasteiger partial charge on any atom is 0.253 e. The van der Waals surface area contributed by atoms with Crippen LogP contribution in [0.4, 0.5) is 0 Å². The van der Waals surface area contributed by atoms with Crippen LogP contribution in [0, 0.1) is 5.41 Å². The molecule has 21 heavy (non-hydrogen) atoms. The highest BCUT2D eigenvalue weighted by atomic mass is 35.5. The van der Waals surface area contributed by atoms with Crippen LogP contribution in [0.25, 0.3) is 0 Å². The fraction of sp³-hybridized carbons (Fsp3) is 0.167. The summed E-state index contributed by atoms with van der Waals surface area (Å²) in [7, 11) is -3.53. The van der Waals surface area contributed by atoms with E-state index in [0.717, 1.165) is 12.5 Å². The van der Waals surface area contributed by atoms with E-state index in [-0.39, 0.29) is 32.6 Å². The highest BCUT2D eigenvalue weighted by Crippen LogP contribution is 2.29. The number of allylic oxidation sites excluding steroid dienone is 1. The number of sulfone groups is 1. The van der Waals surface area contributed by atoms with E-state index in [1.165, 1.54) is 18.3 Å². The molecule has 0 amide bonds. The molecular weight excluding hydrogens is 359 g/mol. The molecule has 0 heterocycles. The summed E-state index contributed by atoms with van der Waals surface area (Å²) < 4.78 is 23.5. The van der Waals surface area contributed by atoms with Crippen LogP contribution >= 0.6 is 34.8 Å². The summed E-state index contributed by atoms with van der Waals surface area (Å²) in [6, 6.07) is 2.54. The summed E-state index contributed by atoms with van der Waals surface area (Å²) in [5.74, 6) is 0. The van der Waals surface area contributed by atoms with E-state index in [9.17, 15) is 13.2 Å². The predicted octanol–water partition coefficient (Wildman–Crippen LogP) is 2.94. The first-order chi connectivity index (χ1) is 9.68. The Morgan fingerprint density at radius 2 is 2.00 bits per heavy atom. The first-order valence-corrected chi connectivity index (χ1v) is 8.51. The van der Waals surface area contributed by atoms with E-state index < -0.39 is 15.1 Å². The Bertz CT molecular complexity index is 715. The number of halogens is 3. The third-order valence-electron chi connectivity index (χ3n) is 2.47. The van der Waals surface area contributed by atoms with Crippen molar-refractivity contribution >= 4 is 56.1 Å². The van der Waals surface area contributed by atoms with Crippen LogP contribution in [-0.4, -0.2) is 26.1 Å². The lowest BCUT2D eigenvalue weighted by molar-refractivity contribution is 0.108. The van der Waals surface area contributed by atoms with Gasteiger partial charge in [-0.2, -0.15) is 0 Å². The standard InChI is InChI=1S/C12H11Cl3N2O3S/c1-21(19,20)10-3-2-8(12(15)18)11(14)9(10)6-17-5-7(13)4-16/h2-5,16-17H,6H2,1H3/b7-5+,16-4?. The molecule has 0 spiro atoms. The molecule has 1 aromatic rings. The van der Waals surface area contributed by atoms with Gasteiger partial charge in [0.05, 0.1) is 20.5 Å². The molecule has 0 aromatic heterocycles. The summed E-state index contributed by atoms with van der Waals surface area (Å²) >= 11 is 17.1. The third-order valence-corrected chi connectivity index (χ3v) is 4.50. The molecule has 2 N–H and O–H groups in total. The first-order valence-electron chi connectivity index (χ1n) is 5.49. The SMILES string of the molecule is CS(=O)(=O)c1ccc(C(=O)Cl)c(Cl)c1CN/C=C(/Cl)C=N. The van der Waals surface area contributed by atoms with E-state index >= 15 is 0 Å². The van der Waals surface area contributed by atoms with Crippen LogP contribution in [0.5, 0.6) is 0 Å². The van der Waals surface area contributed by atoms with E-state index in [1.54, 1.807) is 0 Å². The van der Waals surface area contributed by atoms with Gasteiger partial charge in [-0.05, 0) is 23.7 Å². The molecule has 114 valence electrons. The topological polar surface area (TPSA) is 87.1 Å². The minimum absolute atomic E-state index is 0.00328. The Morgan fingerprint density at radius 3 is 2.48 bits per heavy atom. The average molecular weight is 370 g/mol. The van der Waals surface area contributed by atoms with Crippen LogP contribution < -0.4 is 5.32 Å². The van der Waals surface area contributed by atoms with Crippen LogP contribution in [0.2, 0.25) is 5.02 Å². The summed E-state index contributed by atoms with van der Waals surface area (Å²) in [5.41, 5.74) is 0.223. The van der Waals surface area contributed by atoms with Crippen molar-refractivity contribution < 1.29 is 13.2 Å². The molecular formula is C12H11Cl3N2O3S. The molecule has 0 unspecified atom stereocenters. The van der Waals surface area contributed by atoms with E-state index in [1.807, 2.05) is 0 Å². The zero-order valence-corrected chi connectivity index (χ0v) is 13.9. The molecule has 0 saturated heterocycles. The molecule has 0 saturated carbocycles. The van der Waals surface area contributed by atoms with E-state index in [0.29, 0.717) is 0 Å². The minimum atomic E-state index is -3.53. The summed E-state index contributed by atoms with van der Waals surface area (Å²) in [6.07, 6.45) is 3.25. The van der Waals surface area contributed by atoms with Gasteiger partial charge >= 0.3 is 0 Å². The van der Waals surface area contributed by atoms with Gasteiger partial charge in [0.25, 0.3) is 5.24 Å². The second-order valence-corrected chi connectivity index (χ2v) is 7.15. The number of benzene rings is 1. The second-order valence-electron chi connectivity index (χ2n) is 4.00. The molecule has 0 aliphatic heterocycles. The Balaban J connectivity index is 3.33. The highest BCUT2D eigenvalue weighted by molar-refractivity contribution is 7.90. The largest absolute Gasteiger partial charge is 0.385 e. The zero-order chi connectivity index (χ0) is 16.2. The number of nitrogens with one attached hydrogen (secondary N) is 2. The number of hydrogen-bond acceptors (Lipinski definition) is 5. The monoisotopic (exact) mass is 368 g/mol. The Labute approximate surface area is 137 Å². The van der Waals surface area contributed by atoms with Crippen molar-refractivity contribution in [1.82, 2.24) is 5.32 Å². The molecule has 5 nitrogen and oxygen atoms in total. The van der Waals surface area contributed by atoms with Crippen molar-refractivity contribution in [3.8, 4) is 0 Å². The molecule has 0 radical (unpaired) electrons. The van der Waals surface area contributed by atoms with Crippen LogP contribution in [-0.2, 0) is 16.4 Å². The fourth-order valence-electron chi connectivity index (χ4n) is 1.56. The minimum Gasteiger partial charge on any atom is -0.385 e. The van der Waals surface area contributed by atoms with Crippen molar-refractivity contribution in [3.63, 3.8) is 0 Å². The number of carbonyl (C=O) groups is 1. The zero-order valence-electron chi connectivity index (χ0n) is 10.8. The molecule has 1 aromatic carbocycles. The summed E-state index contributed by atoms with van der Waals surface area (Å²) in [5, 5.41) is 8.94. The molecule has 9 heteroatoms. The molecule has 0 atom stereocenters. The van der Waals surface area contributed by atoms with Crippen LogP contribution in [0.3, 0.4) is 0 Å². The van der Waals surface area contributed by atoms with Crippen molar-refractivity contribution in [1.29, 1.82) is 5.41 Å². The van der Waals surface area contributed by atoms with Crippen molar-refractivity contribution in [2.45, 2.75) is 11.4 Å². The van der Waals surface area contributed by atoms with Crippen molar-refractivity contribution in [2.75, 3.05) is 6.26 Å². The maximum atomic E-state index is 11.8. The predicted molar refractivity (Wildman–Crippen MR) is 84.3 cm³/mol. The van der Waals surface area contributed by atoms with Gasteiger partial charge < -0.3 is 10.7 Å². The van der Waals surface area contributed by atoms with Gasteiger partial charge in [-0.1, -0.05) is 23.2 Å². The molecule has 0 aliphatic rings. The smallest absolute Gasteiger partial charge is 0.253 e. The van der Waals surface area contributed by atoms with Crippen LogP contribution in [0.1, 0.15) is 15.9 Å². The Hall–Kier alpha value is -1.08. The summed E-state index contributed by atoms with van der Waals surface area (Å²) in [4.78, 5) is 11.2. The fourth-order valence-corrected chi connectivity index (χ4v) is 3.15. The van der Waals surface area contributed by atoms with Gasteiger partial charge in [0.2, 0.25) is 0 Å². The Morgan fingerprint density at radius 1 is 1.38 bits per heavy atom. The van der Waals surface area contributed by atoms with Gasteiger partial charge in [0.1, 0.15) is 0 Å². The lowest BCUT2D eigenvalue weighted by Crippen LogP contribution is -2.12. The number of hydrogen-bond donors (Lipinski definition) is 2. The van der Waals surface area contributed by atoms with Crippen molar-refractivity contribution in [2.24, 2.45) is 0 Å². The first kappa shape index (κ1) is 18.0. The highest BCUT2D eigenvalue weighted by Gasteiger charge is 2.20. The number of rotatable bonds is 6. The second kappa shape index (κ2) is 7.26. The van der Waals surface area contributed by atoms with Gasteiger partial charge in [-0.25, -0.2) is 8.42 Å². The summed E-state index contributed by atoms with van der Waals surface area (Å²) in [6.45, 7) is 0.00328. The van der Waals surface area contributed by atoms with Gasteiger partial charge in [-0.3, -0.25) is 4.79 Å².